The van der Waals surface area contributed by atoms with Crippen LogP contribution in [0.25, 0.3) is 0 Å². The van der Waals surface area contributed by atoms with Gasteiger partial charge in [0, 0.05) is 13.3 Å². The second kappa shape index (κ2) is 6.89. The van der Waals surface area contributed by atoms with E-state index in [-0.39, 0.29) is 57.8 Å². The summed E-state index contributed by atoms with van der Waals surface area (Å²) in [5.74, 6) is -1.02. The molecule has 0 aromatic heterocycles. The molecule has 0 saturated carbocycles. The van der Waals surface area contributed by atoms with Gasteiger partial charge in [0.05, 0.1) is 0 Å². The Hall–Kier alpha value is 0.776. The van der Waals surface area contributed by atoms with Gasteiger partial charge in [0.1, 0.15) is 0 Å². The summed E-state index contributed by atoms with van der Waals surface area (Å²) in [6.45, 7) is 2.83. The van der Waals surface area contributed by atoms with Crippen LogP contribution in [0.3, 0.4) is 0 Å². The molecule has 4 heteroatoms. The predicted molar refractivity (Wildman–Crippen MR) is 34.2 cm³/mol. The van der Waals surface area contributed by atoms with E-state index < -0.39 is 11.9 Å². The fourth-order valence-electron chi connectivity index (χ4n) is 0.232. The van der Waals surface area contributed by atoms with Gasteiger partial charge in [-0.25, -0.2) is 0 Å². The van der Waals surface area contributed by atoms with E-state index in [0.717, 1.165) is 0 Å². The quantitative estimate of drug-likeness (QED) is 0.301. The molecule has 0 aliphatic heterocycles. The number of carbonyl (C=O) groups is 2. The number of hydrogen-bond acceptors (Lipinski definition) is 3. The summed E-state index contributed by atoms with van der Waals surface area (Å²) in [5.41, 5.74) is 0. The first-order valence-corrected chi connectivity index (χ1v) is 2.38. The van der Waals surface area contributed by atoms with Crippen molar-refractivity contribution in [3.63, 3.8) is 0 Å². The maximum absolute atomic E-state index is 10.2. The van der Waals surface area contributed by atoms with Gasteiger partial charge in [-0.2, -0.15) is 0 Å². The fourth-order valence-corrected chi connectivity index (χ4v) is 0.232. The van der Waals surface area contributed by atoms with Gasteiger partial charge in [-0.1, -0.05) is 6.92 Å². The zero-order chi connectivity index (χ0) is 6.57. The molecule has 9 heavy (non-hydrogen) atoms. The number of rotatable bonds is 1. The molecule has 0 fully saturated rings. The molecule has 0 N–H and O–H groups in total. The number of carbonyl (C=O) groups excluding carboxylic acids is 2. The standard InChI is InChI=1S/C5H8O3.K.H/c1-3-5(7)8-4(2)6;;/h3H2,1-2H3;;. The first-order valence-electron chi connectivity index (χ1n) is 2.38. The third kappa shape index (κ3) is 8.78. The molecule has 0 amide bonds. The predicted octanol–water partition coefficient (Wildman–Crippen LogP) is -0.162. The Morgan fingerprint density at radius 3 is 2.00 bits per heavy atom. The fraction of sp³-hybridized carbons (Fsp3) is 0.600. The summed E-state index contributed by atoms with van der Waals surface area (Å²) < 4.78 is 4.12. The molecule has 0 aromatic rings. The average Bonchev–Trinajstić information content (AvgIpc) is 1.65. The normalized spacial score (nSPS) is 7.33. The van der Waals surface area contributed by atoms with Crippen molar-refractivity contribution in [3.05, 3.63) is 0 Å². The molecule has 0 bridgehead atoms. The van der Waals surface area contributed by atoms with Crippen LogP contribution in [0.2, 0.25) is 0 Å². The summed E-state index contributed by atoms with van der Waals surface area (Å²) in [6, 6.07) is 0. The zero-order valence-corrected chi connectivity index (χ0v) is 4.93. The molecule has 0 aliphatic rings. The van der Waals surface area contributed by atoms with Crippen LogP contribution in [0.1, 0.15) is 20.3 Å². The van der Waals surface area contributed by atoms with E-state index in [1.54, 1.807) is 6.92 Å². The van der Waals surface area contributed by atoms with Crippen molar-refractivity contribution in [1.82, 2.24) is 0 Å². The Morgan fingerprint density at radius 1 is 1.44 bits per heavy atom. The van der Waals surface area contributed by atoms with E-state index in [2.05, 4.69) is 4.74 Å². The Kier molecular flexibility index (Phi) is 9.53. The molecule has 3 nitrogen and oxygen atoms in total. The van der Waals surface area contributed by atoms with Crippen molar-refractivity contribution in [2.45, 2.75) is 20.3 Å². The summed E-state index contributed by atoms with van der Waals surface area (Å²) in [7, 11) is 0. The van der Waals surface area contributed by atoms with Crippen LogP contribution in [0.15, 0.2) is 0 Å². The Bertz CT molecular complexity index is 111. The van der Waals surface area contributed by atoms with Crippen molar-refractivity contribution < 1.29 is 14.3 Å². The van der Waals surface area contributed by atoms with Gasteiger partial charge in [0.2, 0.25) is 0 Å². The van der Waals surface area contributed by atoms with Crippen molar-refractivity contribution in [2.75, 3.05) is 0 Å². The average molecular weight is 156 g/mol. The number of esters is 2. The van der Waals surface area contributed by atoms with E-state index in [1.165, 1.54) is 6.92 Å². The third-order valence-corrected chi connectivity index (χ3v) is 0.546. The minimum absolute atomic E-state index is 0. The summed E-state index contributed by atoms with van der Waals surface area (Å²) in [4.78, 5) is 20.1. The molecule has 0 rings (SSSR count). The second-order valence-electron chi connectivity index (χ2n) is 1.32. The molecule has 0 radical (unpaired) electrons. The molecular formula is C5H9KO3. The van der Waals surface area contributed by atoms with Crippen molar-refractivity contribution in [3.8, 4) is 0 Å². The molecule has 0 spiro atoms. The first kappa shape index (κ1) is 12.5. The second-order valence-corrected chi connectivity index (χ2v) is 1.32. The Labute approximate surface area is 96.6 Å². The Morgan fingerprint density at radius 2 is 1.89 bits per heavy atom. The third-order valence-electron chi connectivity index (χ3n) is 0.546. The van der Waals surface area contributed by atoms with Gasteiger partial charge < -0.3 is 4.74 Å². The van der Waals surface area contributed by atoms with E-state index in [0.29, 0.717) is 0 Å². The van der Waals surface area contributed by atoms with Crippen molar-refractivity contribution >= 4 is 63.3 Å². The zero-order valence-electron chi connectivity index (χ0n) is 4.93. The van der Waals surface area contributed by atoms with Gasteiger partial charge in [0.15, 0.2) is 0 Å². The van der Waals surface area contributed by atoms with E-state index >= 15 is 0 Å². The molecule has 0 aromatic carbocycles. The van der Waals surface area contributed by atoms with E-state index in [4.69, 9.17) is 0 Å². The minimum atomic E-state index is -0.545. The SMILES string of the molecule is CCC(=O)OC(C)=O.[KH]. The number of hydrogen-bond donors (Lipinski definition) is 0. The molecule has 48 valence electrons. The summed E-state index contributed by atoms with van der Waals surface area (Å²) in [6.07, 6.45) is 0.250. The van der Waals surface area contributed by atoms with Crippen LogP contribution in [0.4, 0.5) is 0 Å². The van der Waals surface area contributed by atoms with Gasteiger partial charge >= 0.3 is 63.3 Å². The molecule has 0 atom stereocenters. The van der Waals surface area contributed by atoms with E-state index in [9.17, 15) is 9.59 Å². The van der Waals surface area contributed by atoms with Crippen molar-refractivity contribution in [1.29, 1.82) is 0 Å². The Balaban J connectivity index is 0. The summed E-state index contributed by atoms with van der Waals surface area (Å²) >= 11 is 0. The summed E-state index contributed by atoms with van der Waals surface area (Å²) in [5, 5.41) is 0. The first-order chi connectivity index (χ1) is 3.66. The molecule has 0 heterocycles. The maximum atomic E-state index is 10.2. The molecule has 0 unspecified atom stereocenters. The topological polar surface area (TPSA) is 43.4 Å². The van der Waals surface area contributed by atoms with Gasteiger partial charge in [-0.3, -0.25) is 9.59 Å². The van der Waals surface area contributed by atoms with Crippen LogP contribution in [0, 0.1) is 0 Å². The molecule has 0 aliphatic carbocycles. The van der Waals surface area contributed by atoms with Gasteiger partial charge in [-0.15, -0.1) is 0 Å². The van der Waals surface area contributed by atoms with Crippen LogP contribution in [-0.4, -0.2) is 63.3 Å². The van der Waals surface area contributed by atoms with Crippen molar-refractivity contribution in [2.24, 2.45) is 0 Å². The van der Waals surface area contributed by atoms with Crippen LogP contribution in [0.5, 0.6) is 0 Å². The molecular weight excluding hydrogens is 147 g/mol. The van der Waals surface area contributed by atoms with E-state index in [1.807, 2.05) is 0 Å². The van der Waals surface area contributed by atoms with Crippen LogP contribution in [-0.2, 0) is 14.3 Å². The molecule has 0 saturated heterocycles. The number of ether oxygens (including phenoxy) is 1. The monoisotopic (exact) mass is 156 g/mol. The van der Waals surface area contributed by atoms with Gasteiger partial charge in [0.25, 0.3) is 0 Å². The van der Waals surface area contributed by atoms with Crippen LogP contribution >= 0.6 is 0 Å². The van der Waals surface area contributed by atoms with Gasteiger partial charge in [-0.05, 0) is 0 Å². The van der Waals surface area contributed by atoms with Crippen LogP contribution < -0.4 is 0 Å².